The number of rotatable bonds is 8. The average Bonchev–Trinajstić information content (AvgIpc) is 3.43. The first-order chi connectivity index (χ1) is 16.2. The van der Waals surface area contributed by atoms with E-state index in [-0.39, 0.29) is 57.6 Å². The van der Waals surface area contributed by atoms with Gasteiger partial charge in [0, 0.05) is 16.9 Å². The van der Waals surface area contributed by atoms with Crippen molar-refractivity contribution >= 4 is 110 Å². The van der Waals surface area contributed by atoms with Gasteiger partial charge < -0.3 is 17.6 Å². The van der Waals surface area contributed by atoms with Gasteiger partial charge in [-0.15, -0.1) is 33.3 Å². The number of carbonyl (C=O) groups is 3. The zero-order valence-corrected chi connectivity index (χ0v) is 25.6. The molecule has 0 radical (unpaired) electrons. The van der Waals surface area contributed by atoms with Crippen molar-refractivity contribution in [2.45, 2.75) is 20.1 Å². The molecule has 18 heteroatoms. The molecule has 2 aliphatic rings. The largest absolute Gasteiger partial charge is 1.00 e. The number of aliphatic carboxylic acids is 1. The third kappa shape index (κ3) is 6.16. The number of nitrogens with one attached hydrogen (secondary N) is 1. The summed E-state index contributed by atoms with van der Waals surface area (Å²) < 4.78 is 1.21. The number of anilines is 1. The number of hydrogen-bond acceptors (Lipinski definition) is 12. The SMILES string of the molecule is CSc1nnc(SCC2=C(C(=O)O)N3C(=O)C(NC(=O)C(=C(Cl)Cl)c4csc(N)n4)[C@H]3SC2)s1.[H-].[Na+]. The minimum atomic E-state index is -1.21. The first kappa shape index (κ1) is 29.1. The van der Waals surface area contributed by atoms with Gasteiger partial charge in [0.1, 0.15) is 21.6 Å². The molecule has 1 unspecified atom stereocenters. The molecule has 1 fully saturated rings. The van der Waals surface area contributed by atoms with Crippen LogP contribution in [0.1, 0.15) is 7.12 Å². The van der Waals surface area contributed by atoms with Crippen molar-refractivity contribution in [2.24, 2.45) is 0 Å². The van der Waals surface area contributed by atoms with Crippen LogP contribution in [-0.4, -0.2) is 72.1 Å². The number of halogens is 2. The Morgan fingerprint density at radius 1 is 1.37 bits per heavy atom. The van der Waals surface area contributed by atoms with Gasteiger partial charge in [-0.3, -0.25) is 14.5 Å². The fraction of sp³-hybridized carbons (Fsp3) is 0.294. The number of carboxylic acid groups (broad SMARTS) is 1. The molecule has 0 saturated carbocycles. The molecule has 2 atom stereocenters. The minimum absolute atomic E-state index is 0. The predicted molar refractivity (Wildman–Crippen MR) is 138 cm³/mol. The van der Waals surface area contributed by atoms with E-state index in [0.29, 0.717) is 21.4 Å². The first-order valence-electron chi connectivity index (χ1n) is 9.19. The second-order valence-electron chi connectivity index (χ2n) is 6.65. The molecule has 4 rings (SSSR count). The van der Waals surface area contributed by atoms with Gasteiger partial charge in [-0.25, -0.2) is 9.78 Å². The number of aromatic nitrogens is 3. The van der Waals surface area contributed by atoms with E-state index in [9.17, 15) is 19.5 Å². The quantitative estimate of drug-likeness (QED) is 0.159. The standard InChI is InChI=1S/C17H14Cl2N6O4S5.Na.H/c1-30-16-23-24-17(34-16)33-3-5-2-31-13-8(12(27)25(13)9(5)14(28)29)22-11(26)7(10(18)19)6-4-32-15(20)21-6;;/h4,8,13H,2-3H2,1H3,(H2,20,21)(H,22,26)(H,28,29);;/q;+1;-1/t8?,13-;;/m1../s1. The Morgan fingerprint density at radius 2 is 2.09 bits per heavy atom. The maximum Gasteiger partial charge on any atom is 1.00 e. The minimum Gasteiger partial charge on any atom is -1.00 e. The van der Waals surface area contributed by atoms with Crippen LogP contribution >= 0.6 is 81.2 Å². The maximum absolute atomic E-state index is 12.9. The maximum atomic E-state index is 12.9. The number of thioether (sulfide) groups is 3. The summed E-state index contributed by atoms with van der Waals surface area (Å²) in [6.45, 7) is 0. The summed E-state index contributed by atoms with van der Waals surface area (Å²) >= 11 is 18.5. The molecule has 2 aromatic heterocycles. The third-order valence-electron chi connectivity index (χ3n) is 4.66. The number of nitrogens with zero attached hydrogens (tertiary/aromatic N) is 4. The number of hydrogen-bond donors (Lipinski definition) is 3. The van der Waals surface area contributed by atoms with Crippen LogP contribution in [0.25, 0.3) is 5.57 Å². The van der Waals surface area contributed by atoms with Crippen molar-refractivity contribution in [3.63, 3.8) is 0 Å². The van der Waals surface area contributed by atoms with Crippen LogP contribution in [0, 0.1) is 0 Å². The molecule has 35 heavy (non-hydrogen) atoms. The van der Waals surface area contributed by atoms with Gasteiger partial charge in [0.05, 0.1) is 11.3 Å². The van der Waals surface area contributed by atoms with Crippen LogP contribution in [0.15, 0.2) is 29.8 Å². The third-order valence-corrected chi connectivity index (χ3v) is 10.2. The smallest absolute Gasteiger partial charge is 1.00 e. The van der Waals surface area contributed by atoms with Gasteiger partial charge >= 0.3 is 35.5 Å². The van der Waals surface area contributed by atoms with Gasteiger partial charge in [0.15, 0.2) is 13.8 Å². The van der Waals surface area contributed by atoms with Crippen molar-refractivity contribution in [1.82, 2.24) is 25.4 Å². The van der Waals surface area contributed by atoms with Gasteiger partial charge in [-0.2, -0.15) is 0 Å². The van der Waals surface area contributed by atoms with E-state index in [0.717, 1.165) is 15.7 Å². The van der Waals surface area contributed by atoms with E-state index < -0.39 is 29.2 Å². The van der Waals surface area contributed by atoms with Crippen molar-refractivity contribution in [3.8, 4) is 0 Å². The Bertz CT molecular complexity index is 1240. The molecule has 2 amide bonds. The van der Waals surface area contributed by atoms with Crippen LogP contribution < -0.4 is 40.6 Å². The van der Waals surface area contributed by atoms with Crippen molar-refractivity contribution in [2.75, 3.05) is 23.5 Å². The molecule has 4 heterocycles. The summed E-state index contributed by atoms with van der Waals surface area (Å²) in [5.41, 5.74) is 6.22. The van der Waals surface area contributed by atoms with Crippen molar-refractivity contribution < 1.29 is 50.5 Å². The fourth-order valence-electron chi connectivity index (χ4n) is 3.20. The number of β-lactam (4-membered cyclic amide) rings is 1. The molecule has 0 bridgehead atoms. The van der Waals surface area contributed by atoms with Crippen LogP contribution in [0.2, 0.25) is 0 Å². The monoisotopic (exact) mass is 620 g/mol. The Kier molecular flexibility index (Phi) is 10.3. The van der Waals surface area contributed by atoms with Crippen molar-refractivity contribution in [3.05, 3.63) is 26.8 Å². The summed E-state index contributed by atoms with van der Waals surface area (Å²) in [6, 6.07) is -0.938. The predicted octanol–water partition coefficient (Wildman–Crippen LogP) is 0.0923. The number of thiazole rings is 1. The van der Waals surface area contributed by atoms with Gasteiger partial charge in [0.2, 0.25) is 0 Å². The Labute approximate surface area is 253 Å². The molecule has 0 aromatic carbocycles. The summed E-state index contributed by atoms with van der Waals surface area (Å²) in [6.07, 6.45) is 1.90. The molecule has 2 aromatic rings. The second kappa shape index (κ2) is 12.4. The van der Waals surface area contributed by atoms with Crippen LogP contribution in [0.4, 0.5) is 5.13 Å². The van der Waals surface area contributed by atoms with Gasteiger partial charge in [0.25, 0.3) is 11.8 Å². The number of fused-ring (bicyclic) bond motifs is 1. The topological polar surface area (TPSA) is 151 Å². The number of nitrogen functional groups attached to an aromatic ring is 1. The fourth-order valence-corrected chi connectivity index (χ4v) is 8.04. The van der Waals surface area contributed by atoms with Crippen LogP contribution in [-0.2, 0) is 14.4 Å². The Hall–Kier alpha value is -0.490. The molecule has 0 aliphatic carbocycles. The number of carbonyl (C=O) groups excluding carboxylic acids is 2. The summed E-state index contributed by atoms with van der Waals surface area (Å²) in [4.78, 5) is 43.0. The molecular weight excluding hydrogens is 606 g/mol. The molecule has 1 saturated heterocycles. The molecular formula is C17H15Cl2N6NaO4S5. The molecule has 10 nitrogen and oxygen atoms in total. The summed E-state index contributed by atoms with van der Waals surface area (Å²) in [5.74, 6) is -1.71. The zero-order valence-electron chi connectivity index (χ0n) is 19.0. The zero-order chi connectivity index (χ0) is 24.6. The molecule has 2 aliphatic heterocycles. The van der Waals surface area contributed by atoms with Crippen LogP contribution in [0.3, 0.4) is 0 Å². The normalized spacial score (nSPS) is 18.9. The van der Waals surface area contributed by atoms with E-state index in [4.69, 9.17) is 28.9 Å². The Morgan fingerprint density at radius 3 is 2.66 bits per heavy atom. The number of nitrogens with two attached hydrogens (primary N) is 1. The number of carboxylic acids is 1. The molecule has 4 N–H and O–H groups in total. The van der Waals surface area contributed by atoms with E-state index >= 15 is 0 Å². The second-order valence-corrected chi connectivity index (χ2v) is 12.8. The Balaban J connectivity index is 0.00000228. The van der Waals surface area contributed by atoms with E-state index in [1.54, 1.807) is 0 Å². The summed E-state index contributed by atoms with van der Waals surface area (Å²) in [7, 11) is 0. The summed E-state index contributed by atoms with van der Waals surface area (Å²) in [5, 5.41) is 21.7. The van der Waals surface area contributed by atoms with Crippen LogP contribution in [0.5, 0.6) is 0 Å². The number of amides is 2. The van der Waals surface area contributed by atoms with Gasteiger partial charge in [-0.1, -0.05) is 58.1 Å². The van der Waals surface area contributed by atoms with E-state index in [1.807, 2.05) is 6.26 Å². The molecule has 182 valence electrons. The first-order valence-corrected chi connectivity index (χ1v) is 14.9. The van der Waals surface area contributed by atoms with Gasteiger partial charge in [-0.05, 0) is 11.8 Å². The van der Waals surface area contributed by atoms with Crippen molar-refractivity contribution in [1.29, 1.82) is 0 Å². The molecule has 0 spiro atoms. The van der Waals surface area contributed by atoms with E-state index in [1.165, 1.54) is 56.9 Å². The average molecular weight is 622 g/mol. The van der Waals surface area contributed by atoms with E-state index in [2.05, 4.69) is 20.5 Å².